The Balaban J connectivity index is 1.36. The normalized spacial score (nSPS) is 16.7. The maximum atomic E-state index is 14.4. The van der Waals surface area contributed by atoms with Crippen LogP contribution in [0.2, 0.25) is 5.02 Å². The fraction of sp³-hybridized carbons (Fsp3) is 0.250. The molecule has 11 heteroatoms. The summed E-state index contributed by atoms with van der Waals surface area (Å²) in [4.78, 5) is 28.5. The van der Waals surface area contributed by atoms with E-state index in [2.05, 4.69) is 20.4 Å². The first-order valence-corrected chi connectivity index (χ1v) is 11.4. The third-order valence-electron chi connectivity index (χ3n) is 6.09. The lowest BCUT2D eigenvalue weighted by molar-refractivity contribution is -0.127. The average Bonchev–Trinajstić information content (AvgIpc) is 2.79. The van der Waals surface area contributed by atoms with Crippen molar-refractivity contribution in [3.8, 4) is 11.3 Å². The zero-order valence-corrected chi connectivity index (χ0v) is 19.3. The van der Waals surface area contributed by atoms with Crippen molar-refractivity contribution in [1.82, 2.24) is 15.1 Å². The fourth-order valence-corrected chi connectivity index (χ4v) is 4.38. The van der Waals surface area contributed by atoms with E-state index in [1.165, 1.54) is 24.3 Å². The number of carbonyl (C=O) groups excluding carboxylic acids is 2. The van der Waals surface area contributed by atoms with Crippen LogP contribution in [0.25, 0.3) is 11.3 Å². The molecule has 2 aliphatic heterocycles. The Hall–Kier alpha value is -3.60. The second-order valence-electron chi connectivity index (χ2n) is 8.33. The molecule has 0 aliphatic carbocycles. The number of hydrogen-bond acceptors (Lipinski definition) is 7. The standard InChI is InChI=1S/C24H22ClFN6O3/c25-17-2-1-3-18(26)22(17)19-10-20(23(24(27)34)30-29-19)28-14-4-6-15(7-5-14)32-9-8-31(11-21(32)33)16-12-35-13-16/h1-7,10,16H,8-9,11-13H2,(H2,27,34)(H,28,29). The van der Waals surface area contributed by atoms with Gasteiger partial charge in [-0.1, -0.05) is 17.7 Å². The number of primary amides is 1. The smallest absolute Gasteiger partial charge is 0.271 e. The van der Waals surface area contributed by atoms with Crippen LogP contribution in [-0.2, 0) is 9.53 Å². The molecule has 2 fully saturated rings. The Morgan fingerprint density at radius 3 is 2.54 bits per heavy atom. The highest BCUT2D eigenvalue weighted by atomic mass is 35.5. The topological polar surface area (TPSA) is 114 Å². The zero-order valence-electron chi connectivity index (χ0n) is 18.6. The minimum Gasteiger partial charge on any atom is -0.378 e. The molecule has 0 bridgehead atoms. The number of nitrogens with one attached hydrogen (secondary N) is 1. The molecule has 2 aliphatic rings. The van der Waals surface area contributed by atoms with Crippen molar-refractivity contribution in [3.05, 3.63) is 65.1 Å². The maximum Gasteiger partial charge on any atom is 0.271 e. The van der Waals surface area contributed by atoms with Crippen LogP contribution in [0.4, 0.5) is 21.5 Å². The number of hydrogen-bond donors (Lipinski definition) is 2. The summed E-state index contributed by atoms with van der Waals surface area (Å²) in [5, 5.41) is 11.1. The van der Waals surface area contributed by atoms with Crippen molar-refractivity contribution >= 4 is 40.5 Å². The second kappa shape index (κ2) is 9.57. The lowest BCUT2D eigenvalue weighted by Gasteiger charge is -2.42. The molecule has 3 heterocycles. The lowest BCUT2D eigenvalue weighted by Crippen LogP contribution is -2.58. The highest BCUT2D eigenvalue weighted by Crippen LogP contribution is 2.32. The van der Waals surface area contributed by atoms with Gasteiger partial charge in [-0.05, 0) is 42.5 Å². The molecule has 9 nitrogen and oxygen atoms in total. The molecular weight excluding hydrogens is 475 g/mol. The largest absolute Gasteiger partial charge is 0.378 e. The number of aromatic nitrogens is 2. The molecule has 3 N–H and O–H groups in total. The van der Waals surface area contributed by atoms with Crippen molar-refractivity contribution in [2.24, 2.45) is 5.73 Å². The van der Waals surface area contributed by atoms with E-state index in [1.807, 2.05) is 12.1 Å². The quantitative estimate of drug-likeness (QED) is 0.539. The van der Waals surface area contributed by atoms with Gasteiger partial charge in [0.05, 0.1) is 47.8 Å². The second-order valence-corrected chi connectivity index (χ2v) is 8.74. The van der Waals surface area contributed by atoms with Gasteiger partial charge in [0.2, 0.25) is 5.91 Å². The summed E-state index contributed by atoms with van der Waals surface area (Å²) in [6.45, 7) is 3.09. The summed E-state index contributed by atoms with van der Waals surface area (Å²) < 4.78 is 19.6. The van der Waals surface area contributed by atoms with Gasteiger partial charge in [0.1, 0.15) is 5.82 Å². The molecule has 1 aromatic heterocycles. The van der Waals surface area contributed by atoms with Crippen molar-refractivity contribution in [3.63, 3.8) is 0 Å². The van der Waals surface area contributed by atoms with Gasteiger partial charge in [0.15, 0.2) is 5.69 Å². The van der Waals surface area contributed by atoms with E-state index < -0.39 is 11.7 Å². The van der Waals surface area contributed by atoms with E-state index in [0.717, 1.165) is 12.2 Å². The molecule has 0 spiro atoms. The van der Waals surface area contributed by atoms with Crippen LogP contribution in [0.5, 0.6) is 0 Å². The predicted molar refractivity (Wildman–Crippen MR) is 129 cm³/mol. The molecule has 2 amide bonds. The van der Waals surface area contributed by atoms with Gasteiger partial charge in [0.25, 0.3) is 5.91 Å². The third kappa shape index (κ3) is 4.68. The van der Waals surface area contributed by atoms with Crippen LogP contribution in [0.3, 0.4) is 0 Å². The first kappa shape index (κ1) is 23.2. The summed E-state index contributed by atoms with van der Waals surface area (Å²) >= 11 is 6.16. The summed E-state index contributed by atoms with van der Waals surface area (Å²) in [6.07, 6.45) is 0. The number of carbonyl (C=O) groups is 2. The first-order valence-electron chi connectivity index (χ1n) is 11.0. The van der Waals surface area contributed by atoms with E-state index in [9.17, 15) is 14.0 Å². The number of nitrogens with zero attached hydrogens (tertiary/aromatic N) is 4. The number of piperazine rings is 1. The van der Waals surface area contributed by atoms with Gasteiger partial charge in [-0.15, -0.1) is 10.2 Å². The van der Waals surface area contributed by atoms with Crippen molar-refractivity contribution in [2.45, 2.75) is 6.04 Å². The molecule has 3 aromatic rings. The minimum atomic E-state index is -0.789. The van der Waals surface area contributed by atoms with Crippen LogP contribution in [0.15, 0.2) is 48.5 Å². The molecule has 0 unspecified atom stereocenters. The lowest BCUT2D eigenvalue weighted by atomic mass is 10.1. The summed E-state index contributed by atoms with van der Waals surface area (Å²) in [6, 6.07) is 13.3. The zero-order chi connectivity index (χ0) is 24.5. The molecule has 0 atom stereocenters. The third-order valence-corrected chi connectivity index (χ3v) is 6.41. The van der Waals surface area contributed by atoms with Crippen LogP contribution >= 0.6 is 11.6 Å². The minimum absolute atomic E-state index is 0.0321. The SMILES string of the molecule is NC(=O)c1nnc(-c2c(F)cccc2Cl)cc1Nc1ccc(N2CCN(C3COC3)CC2=O)cc1. The molecule has 2 aromatic carbocycles. The molecule has 35 heavy (non-hydrogen) atoms. The van der Waals surface area contributed by atoms with Gasteiger partial charge in [0, 0.05) is 24.5 Å². The number of nitrogens with two attached hydrogens (primary N) is 1. The number of amides is 2. The Morgan fingerprint density at radius 2 is 1.91 bits per heavy atom. The summed E-state index contributed by atoms with van der Waals surface area (Å²) in [5.74, 6) is -1.32. The molecule has 0 radical (unpaired) electrons. The average molecular weight is 497 g/mol. The van der Waals surface area contributed by atoms with Gasteiger partial charge in [-0.3, -0.25) is 14.5 Å². The van der Waals surface area contributed by atoms with E-state index >= 15 is 0 Å². The Bertz CT molecular complexity index is 1260. The van der Waals surface area contributed by atoms with Gasteiger partial charge in [-0.25, -0.2) is 4.39 Å². The van der Waals surface area contributed by atoms with Crippen molar-refractivity contribution in [2.75, 3.05) is 43.1 Å². The molecule has 0 saturated carbocycles. The Kier molecular flexibility index (Phi) is 6.33. The van der Waals surface area contributed by atoms with E-state index in [0.29, 0.717) is 38.0 Å². The van der Waals surface area contributed by atoms with Gasteiger partial charge in [-0.2, -0.15) is 0 Å². The van der Waals surface area contributed by atoms with Crippen molar-refractivity contribution < 1.29 is 18.7 Å². The summed E-state index contributed by atoms with van der Waals surface area (Å²) in [5.41, 5.74) is 7.22. The highest BCUT2D eigenvalue weighted by Gasteiger charge is 2.33. The van der Waals surface area contributed by atoms with Gasteiger partial charge >= 0.3 is 0 Å². The molecular formula is C24H22ClFN6O3. The molecule has 180 valence electrons. The monoisotopic (exact) mass is 496 g/mol. The number of halogens is 2. The summed E-state index contributed by atoms with van der Waals surface area (Å²) in [7, 11) is 0. The Morgan fingerprint density at radius 1 is 1.14 bits per heavy atom. The molecule has 2 saturated heterocycles. The maximum absolute atomic E-state index is 14.4. The van der Waals surface area contributed by atoms with Crippen LogP contribution in [0.1, 0.15) is 10.5 Å². The number of anilines is 3. The van der Waals surface area contributed by atoms with Crippen LogP contribution in [-0.4, -0.2) is 65.8 Å². The Labute approximate surface area is 205 Å². The molecule has 5 rings (SSSR count). The first-order chi connectivity index (χ1) is 16.9. The van der Waals surface area contributed by atoms with Crippen LogP contribution < -0.4 is 16.0 Å². The number of ether oxygens (including phenoxy) is 1. The van der Waals surface area contributed by atoms with Gasteiger partial charge < -0.3 is 20.7 Å². The van der Waals surface area contributed by atoms with Crippen molar-refractivity contribution in [1.29, 1.82) is 0 Å². The fourth-order valence-electron chi connectivity index (χ4n) is 4.12. The highest BCUT2D eigenvalue weighted by molar-refractivity contribution is 6.33. The predicted octanol–water partition coefficient (Wildman–Crippen LogP) is 2.83. The van der Waals surface area contributed by atoms with E-state index in [-0.39, 0.29) is 33.6 Å². The van der Waals surface area contributed by atoms with E-state index in [1.54, 1.807) is 17.0 Å². The number of rotatable bonds is 6. The number of benzene rings is 2. The van der Waals surface area contributed by atoms with Crippen LogP contribution in [0, 0.1) is 5.82 Å². The van der Waals surface area contributed by atoms with E-state index in [4.69, 9.17) is 22.1 Å².